The van der Waals surface area contributed by atoms with Gasteiger partial charge in [0.05, 0.1) is 0 Å². The standard InChI is InChI=1S/C23H24F2N4O2.C4H4O4/c24-19-5-1-17(2-6-19)15-29-13-10-16(11-14-29)9-12-26-22(30)21-27-23(31-28-21)18-3-7-20(25)8-4-18;5-3(6)1-2-4(7)8/h1-8,16H,9-15H2,(H,26,30);1-2H,(H,5,6)(H,7,8)/b;2-1+. The smallest absolute Gasteiger partial charge is 0.328 e. The highest BCUT2D eigenvalue weighted by Gasteiger charge is 2.20. The van der Waals surface area contributed by atoms with E-state index < -0.39 is 11.9 Å². The second-order valence-corrected chi connectivity index (χ2v) is 8.83. The minimum absolute atomic E-state index is 0.0338. The van der Waals surface area contributed by atoms with Crippen molar-refractivity contribution in [3.63, 3.8) is 0 Å². The van der Waals surface area contributed by atoms with Crippen LogP contribution in [0.2, 0.25) is 0 Å². The van der Waals surface area contributed by atoms with E-state index in [0.717, 1.165) is 44.5 Å². The number of hydrogen-bond donors (Lipinski definition) is 3. The van der Waals surface area contributed by atoms with Gasteiger partial charge in [0, 0.05) is 30.8 Å². The van der Waals surface area contributed by atoms with Crippen LogP contribution in [0.15, 0.2) is 65.2 Å². The molecule has 2 heterocycles. The number of carboxylic acid groups (broad SMARTS) is 2. The quantitative estimate of drug-likeness (QED) is 0.344. The molecule has 3 aromatic rings. The van der Waals surface area contributed by atoms with E-state index in [9.17, 15) is 23.2 Å². The van der Waals surface area contributed by atoms with E-state index in [0.29, 0.717) is 30.2 Å². The lowest BCUT2D eigenvalue weighted by Gasteiger charge is -2.32. The molecule has 206 valence electrons. The number of carbonyl (C=O) groups excluding carboxylic acids is 1. The van der Waals surface area contributed by atoms with Crippen molar-refractivity contribution in [2.75, 3.05) is 19.6 Å². The average Bonchev–Trinajstić information content (AvgIpc) is 3.41. The normalized spacial score (nSPS) is 14.0. The van der Waals surface area contributed by atoms with Gasteiger partial charge in [-0.25, -0.2) is 18.4 Å². The van der Waals surface area contributed by atoms with Crippen molar-refractivity contribution in [3.05, 3.63) is 83.7 Å². The van der Waals surface area contributed by atoms with Crippen LogP contribution in [0, 0.1) is 17.6 Å². The monoisotopic (exact) mass is 542 g/mol. The van der Waals surface area contributed by atoms with Crippen molar-refractivity contribution < 1.29 is 37.9 Å². The maximum atomic E-state index is 13.0. The molecule has 4 rings (SSSR count). The minimum Gasteiger partial charge on any atom is -0.478 e. The summed E-state index contributed by atoms with van der Waals surface area (Å²) in [6, 6.07) is 12.3. The fourth-order valence-electron chi connectivity index (χ4n) is 3.92. The summed E-state index contributed by atoms with van der Waals surface area (Å²) in [6.45, 7) is 3.35. The number of aliphatic carboxylic acids is 2. The molecule has 0 radical (unpaired) electrons. The maximum absolute atomic E-state index is 13.0. The Kier molecular flexibility index (Phi) is 10.8. The van der Waals surface area contributed by atoms with Crippen LogP contribution in [0.1, 0.15) is 35.4 Å². The van der Waals surface area contributed by atoms with Crippen LogP contribution in [0.5, 0.6) is 0 Å². The number of carbonyl (C=O) groups is 3. The zero-order chi connectivity index (χ0) is 28.2. The topological polar surface area (TPSA) is 146 Å². The number of carboxylic acids is 2. The number of benzene rings is 2. The van der Waals surface area contributed by atoms with Crippen LogP contribution in [0.3, 0.4) is 0 Å². The Hall–Kier alpha value is -4.45. The summed E-state index contributed by atoms with van der Waals surface area (Å²) in [6.07, 6.45) is 4.13. The molecule has 1 saturated heterocycles. The number of aromatic nitrogens is 2. The number of halogens is 2. The largest absolute Gasteiger partial charge is 0.478 e. The molecule has 3 N–H and O–H groups in total. The summed E-state index contributed by atoms with van der Waals surface area (Å²) in [5.41, 5.74) is 1.67. The first-order chi connectivity index (χ1) is 18.7. The van der Waals surface area contributed by atoms with Crippen molar-refractivity contribution in [1.82, 2.24) is 20.4 Å². The summed E-state index contributed by atoms with van der Waals surface area (Å²) in [5.74, 6) is -2.78. The predicted octanol–water partition coefficient (Wildman–Crippen LogP) is 3.76. The van der Waals surface area contributed by atoms with Gasteiger partial charge >= 0.3 is 11.9 Å². The van der Waals surface area contributed by atoms with Crippen LogP contribution in [-0.4, -0.2) is 62.7 Å². The molecule has 39 heavy (non-hydrogen) atoms. The van der Waals surface area contributed by atoms with Crippen LogP contribution < -0.4 is 5.32 Å². The summed E-state index contributed by atoms with van der Waals surface area (Å²) in [5, 5.41) is 22.2. The molecule has 0 atom stereocenters. The number of piperidine rings is 1. The Labute approximate surface area is 222 Å². The Morgan fingerprint density at radius 2 is 1.51 bits per heavy atom. The van der Waals surface area contributed by atoms with E-state index in [1.165, 1.54) is 36.4 Å². The third kappa shape index (κ3) is 10.1. The SMILES string of the molecule is O=C(NCCC1CCN(Cc2ccc(F)cc2)CC1)c1noc(-c2ccc(F)cc2)n1.O=C(O)/C=C/C(=O)O. The van der Waals surface area contributed by atoms with E-state index in [4.69, 9.17) is 14.7 Å². The fourth-order valence-corrected chi connectivity index (χ4v) is 3.92. The zero-order valence-electron chi connectivity index (χ0n) is 20.9. The second kappa shape index (κ2) is 14.5. The highest BCUT2D eigenvalue weighted by molar-refractivity contribution is 5.90. The van der Waals surface area contributed by atoms with E-state index in [1.54, 1.807) is 0 Å². The van der Waals surface area contributed by atoms with Crippen molar-refractivity contribution in [2.45, 2.75) is 25.8 Å². The van der Waals surface area contributed by atoms with Gasteiger partial charge in [0.15, 0.2) is 0 Å². The van der Waals surface area contributed by atoms with Gasteiger partial charge in [-0.05, 0) is 80.2 Å². The lowest BCUT2D eigenvalue weighted by Crippen LogP contribution is -2.35. The first-order valence-corrected chi connectivity index (χ1v) is 12.2. The predicted molar refractivity (Wildman–Crippen MR) is 135 cm³/mol. The van der Waals surface area contributed by atoms with Gasteiger partial charge in [-0.2, -0.15) is 4.98 Å². The minimum atomic E-state index is -1.26. The molecular weight excluding hydrogens is 514 g/mol. The highest BCUT2D eigenvalue weighted by Crippen LogP contribution is 2.22. The Morgan fingerprint density at radius 3 is 2.08 bits per heavy atom. The summed E-state index contributed by atoms with van der Waals surface area (Å²) in [7, 11) is 0. The van der Waals surface area contributed by atoms with Gasteiger partial charge < -0.3 is 20.1 Å². The number of amides is 1. The van der Waals surface area contributed by atoms with Crippen molar-refractivity contribution >= 4 is 17.8 Å². The molecule has 1 fully saturated rings. The molecule has 10 nitrogen and oxygen atoms in total. The first kappa shape index (κ1) is 29.1. The van der Waals surface area contributed by atoms with Gasteiger partial charge in [-0.1, -0.05) is 17.3 Å². The summed E-state index contributed by atoms with van der Waals surface area (Å²) in [4.78, 5) is 37.8. The van der Waals surface area contributed by atoms with Crippen molar-refractivity contribution in [2.24, 2.45) is 5.92 Å². The number of nitrogens with one attached hydrogen (secondary N) is 1. The lowest BCUT2D eigenvalue weighted by atomic mass is 9.93. The van der Waals surface area contributed by atoms with E-state index in [1.807, 2.05) is 12.1 Å². The molecule has 0 saturated carbocycles. The zero-order valence-corrected chi connectivity index (χ0v) is 20.9. The number of likely N-dealkylation sites (tertiary alicyclic amines) is 1. The molecular formula is C27H28F2N4O6. The molecule has 1 aromatic heterocycles. The maximum Gasteiger partial charge on any atom is 0.328 e. The molecule has 0 spiro atoms. The van der Waals surface area contributed by atoms with E-state index in [2.05, 4.69) is 20.4 Å². The van der Waals surface area contributed by atoms with Gasteiger partial charge in [-0.3, -0.25) is 9.69 Å². The van der Waals surface area contributed by atoms with Crippen molar-refractivity contribution in [3.8, 4) is 11.5 Å². The highest BCUT2D eigenvalue weighted by atomic mass is 19.1. The molecule has 0 unspecified atom stereocenters. The average molecular weight is 543 g/mol. The molecule has 2 aromatic carbocycles. The molecule has 1 aliphatic heterocycles. The van der Waals surface area contributed by atoms with Gasteiger partial charge in [0.1, 0.15) is 11.6 Å². The van der Waals surface area contributed by atoms with E-state index in [-0.39, 0.29) is 29.3 Å². The van der Waals surface area contributed by atoms with Gasteiger partial charge in [-0.15, -0.1) is 0 Å². The van der Waals surface area contributed by atoms with Crippen molar-refractivity contribution in [1.29, 1.82) is 0 Å². The van der Waals surface area contributed by atoms with Gasteiger partial charge in [0.2, 0.25) is 0 Å². The third-order valence-corrected chi connectivity index (χ3v) is 5.95. The Balaban J connectivity index is 0.000000459. The Morgan fingerprint density at radius 1 is 0.949 bits per heavy atom. The van der Waals surface area contributed by atoms with Crippen LogP contribution in [-0.2, 0) is 16.1 Å². The number of hydrogen-bond acceptors (Lipinski definition) is 7. The second-order valence-electron chi connectivity index (χ2n) is 8.83. The first-order valence-electron chi connectivity index (χ1n) is 12.2. The van der Waals surface area contributed by atoms with Gasteiger partial charge in [0.25, 0.3) is 17.6 Å². The van der Waals surface area contributed by atoms with Crippen LogP contribution in [0.25, 0.3) is 11.5 Å². The number of rotatable bonds is 9. The van der Waals surface area contributed by atoms with E-state index >= 15 is 0 Å². The Bertz CT molecular complexity index is 1250. The molecule has 1 aliphatic rings. The lowest BCUT2D eigenvalue weighted by molar-refractivity contribution is -0.134. The van der Waals surface area contributed by atoms with Crippen LogP contribution >= 0.6 is 0 Å². The molecule has 0 aliphatic carbocycles. The molecule has 12 heteroatoms. The summed E-state index contributed by atoms with van der Waals surface area (Å²) < 4.78 is 31.1. The third-order valence-electron chi connectivity index (χ3n) is 5.95. The molecule has 0 bridgehead atoms. The fraction of sp³-hybridized carbons (Fsp3) is 0.296. The molecule has 1 amide bonds. The summed E-state index contributed by atoms with van der Waals surface area (Å²) >= 11 is 0. The van der Waals surface area contributed by atoms with Crippen LogP contribution in [0.4, 0.5) is 8.78 Å². The number of nitrogens with zero attached hydrogens (tertiary/aromatic N) is 3.